The Kier molecular flexibility index (Phi) is 5.82. The van der Waals surface area contributed by atoms with E-state index < -0.39 is 11.6 Å². The summed E-state index contributed by atoms with van der Waals surface area (Å²) in [4.78, 5) is 14.7. The quantitative estimate of drug-likeness (QED) is 0.615. The van der Waals surface area contributed by atoms with Crippen LogP contribution in [0, 0.1) is 11.6 Å². The molecule has 0 fully saturated rings. The number of amides is 1. The molecule has 4 nitrogen and oxygen atoms in total. The molecule has 0 atom stereocenters. The van der Waals surface area contributed by atoms with Gasteiger partial charge in [-0.3, -0.25) is 4.79 Å². The van der Waals surface area contributed by atoms with Crippen LogP contribution in [-0.2, 0) is 0 Å². The summed E-state index contributed by atoms with van der Waals surface area (Å²) in [5.41, 5.74) is 4.07. The number of fused-ring (bicyclic) bond motifs is 1. The molecular weight excluding hydrogens is 398 g/mol. The van der Waals surface area contributed by atoms with Crippen molar-refractivity contribution >= 4 is 17.7 Å². The monoisotopic (exact) mass is 420 g/mol. The summed E-state index contributed by atoms with van der Waals surface area (Å²) < 4.78 is 32.9. The molecule has 3 aromatic carbocycles. The molecule has 1 amide bonds. The lowest BCUT2D eigenvalue weighted by atomic mass is 10.0. The highest BCUT2D eigenvalue weighted by atomic mass is 19.1. The van der Waals surface area contributed by atoms with Crippen molar-refractivity contribution in [2.45, 2.75) is 0 Å². The molecule has 1 aliphatic rings. The Hall–Kier alpha value is -3.51. The third kappa shape index (κ3) is 4.81. The highest BCUT2D eigenvalue weighted by molar-refractivity contribution is 6.04. The summed E-state index contributed by atoms with van der Waals surface area (Å²) >= 11 is 0. The van der Waals surface area contributed by atoms with Crippen molar-refractivity contribution in [3.8, 4) is 16.9 Å². The number of nitrogens with one attached hydrogen (secondary N) is 1. The number of ether oxygens (including phenoxy) is 1. The summed E-state index contributed by atoms with van der Waals surface area (Å²) in [6.07, 6.45) is 2.11. The molecule has 0 saturated heterocycles. The summed E-state index contributed by atoms with van der Waals surface area (Å²) in [7, 11) is 4.02. The molecular formula is C25H22F2N2O2. The van der Waals surface area contributed by atoms with Crippen LogP contribution in [0.4, 0.5) is 14.5 Å². The average molecular weight is 420 g/mol. The Morgan fingerprint density at radius 1 is 1.03 bits per heavy atom. The molecule has 0 aromatic heterocycles. The van der Waals surface area contributed by atoms with Crippen LogP contribution < -0.4 is 10.1 Å². The molecule has 0 unspecified atom stereocenters. The van der Waals surface area contributed by atoms with Gasteiger partial charge in [0.1, 0.15) is 24.0 Å². The van der Waals surface area contributed by atoms with Gasteiger partial charge in [-0.05, 0) is 67.7 Å². The Morgan fingerprint density at radius 2 is 1.81 bits per heavy atom. The number of rotatable bonds is 5. The maximum Gasteiger partial charge on any atom is 0.255 e. The molecule has 4 rings (SSSR count). The molecule has 3 aromatic rings. The number of benzene rings is 3. The van der Waals surface area contributed by atoms with E-state index in [0.717, 1.165) is 23.9 Å². The first-order valence-electron chi connectivity index (χ1n) is 9.87. The number of hydrogen-bond donors (Lipinski definition) is 1. The second-order valence-corrected chi connectivity index (χ2v) is 7.74. The Morgan fingerprint density at radius 3 is 2.52 bits per heavy atom. The van der Waals surface area contributed by atoms with Crippen LogP contribution in [0.2, 0.25) is 0 Å². The highest BCUT2D eigenvalue weighted by Crippen LogP contribution is 2.30. The normalized spacial score (nSPS) is 12.7. The Labute approximate surface area is 179 Å². The van der Waals surface area contributed by atoms with Crippen molar-refractivity contribution in [1.82, 2.24) is 4.90 Å². The molecule has 1 aliphatic heterocycles. The molecule has 1 N–H and O–H groups in total. The second-order valence-electron chi connectivity index (χ2n) is 7.74. The van der Waals surface area contributed by atoms with Gasteiger partial charge < -0.3 is 15.0 Å². The van der Waals surface area contributed by atoms with Crippen molar-refractivity contribution in [1.29, 1.82) is 0 Å². The smallest absolute Gasteiger partial charge is 0.255 e. The van der Waals surface area contributed by atoms with Crippen LogP contribution in [0.5, 0.6) is 5.75 Å². The first kappa shape index (κ1) is 20.8. The van der Waals surface area contributed by atoms with E-state index in [9.17, 15) is 13.6 Å². The number of carbonyl (C=O) groups excluding carboxylic acids is 1. The van der Waals surface area contributed by atoms with Crippen LogP contribution in [0.3, 0.4) is 0 Å². The van der Waals surface area contributed by atoms with E-state index in [1.54, 1.807) is 30.3 Å². The molecule has 0 radical (unpaired) electrons. The molecule has 1 heterocycles. The third-order valence-corrected chi connectivity index (χ3v) is 4.95. The van der Waals surface area contributed by atoms with Crippen LogP contribution in [0.15, 0.2) is 66.2 Å². The average Bonchev–Trinajstić information content (AvgIpc) is 2.73. The van der Waals surface area contributed by atoms with Crippen molar-refractivity contribution in [2.24, 2.45) is 0 Å². The zero-order valence-corrected chi connectivity index (χ0v) is 17.3. The third-order valence-electron chi connectivity index (χ3n) is 4.95. The van der Waals surface area contributed by atoms with E-state index in [1.165, 1.54) is 17.7 Å². The van der Waals surface area contributed by atoms with Gasteiger partial charge >= 0.3 is 0 Å². The van der Waals surface area contributed by atoms with Gasteiger partial charge in [-0.15, -0.1) is 0 Å². The number of nitrogens with zero attached hydrogens (tertiary/aromatic N) is 1. The van der Waals surface area contributed by atoms with Crippen molar-refractivity contribution in [3.05, 3.63) is 89.0 Å². The number of carbonyl (C=O) groups is 1. The van der Waals surface area contributed by atoms with Gasteiger partial charge in [-0.2, -0.15) is 0 Å². The van der Waals surface area contributed by atoms with Crippen LogP contribution in [-0.4, -0.2) is 38.1 Å². The molecule has 0 spiro atoms. The molecule has 0 saturated carbocycles. The summed E-state index contributed by atoms with van der Waals surface area (Å²) in [5.74, 6) is -0.835. The number of hydrogen-bond acceptors (Lipinski definition) is 3. The van der Waals surface area contributed by atoms with Crippen LogP contribution in [0.1, 0.15) is 15.9 Å². The summed E-state index contributed by atoms with van der Waals surface area (Å²) in [6.45, 7) is 1.35. The maximum absolute atomic E-state index is 14.0. The van der Waals surface area contributed by atoms with Crippen LogP contribution >= 0.6 is 0 Å². The fraction of sp³-hybridized carbons (Fsp3) is 0.160. The summed E-state index contributed by atoms with van der Waals surface area (Å²) in [6, 6.07) is 15.5. The SMILES string of the molecule is CN(C)CC1=Cc2ccc(NC(=O)c3ccc(-c4ccc(F)cc4F)cc3)cc2OC1. The van der Waals surface area contributed by atoms with Gasteiger partial charge in [0.15, 0.2) is 0 Å². The van der Waals surface area contributed by atoms with E-state index >= 15 is 0 Å². The van der Waals surface area contributed by atoms with Crippen molar-refractivity contribution < 1.29 is 18.3 Å². The molecule has 31 heavy (non-hydrogen) atoms. The lowest BCUT2D eigenvalue weighted by Crippen LogP contribution is -2.20. The predicted molar refractivity (Wildman–Crippen MR) is 118 cm³/mol. The number of anilines is 1. The predicted octanol–water partition coefficient (Wildman–Crippen LogP) is 5.22. The largest absolute Gasteiger partial charge is 0.488 e. The second kappa shape index (κ2) is 8.70. The van der Waals surface area contributed by atoms with Gasteiger partial charge in [-0.25, -0.2) is 8.78 Å². The maximum atomic E-state index is 14.0. The van der Waals surface area contributed by atoms with E-state index in [0.29, 0.717) is 23.4 Å². The molecule has 6 heteroatoms. The lowest BCUT2D eigenvalue weighted by molar-refractivity contribution is 0.102. The standard InChI is InChI=1S/C25H22F2N2O2/c1-29(2)14-16-11-19-7-9-21(13-24(19)31-15-16)28-25(30)18-5-3-17(4-6-18)22-10-8-20(26)12-23(22)27/h3-13H,14-15H2,1-2H3,(H,28,30). The van der Waals surface area contributed by atoms with Crippen LogP contribution in [0.25, 0.3) is 17.2 Å². The number of likely N-dealkylation sites (N-methyl/N-ethyl adjacent to an activating group) is 1. The minimum Gasteiger partial charge on any atom is -0.488 e. The van der Waals surface area contributed by atoms with E-state index in [2.05, 4.69) is 16.3 Å². The minimum absolute atomic E-state index is 0.280. The van der Waals surface area contributed by atoms with Gasteiger partial charge in [0.2, 0.25) is 0 Å². The van der Waals surface area contributed by atoms with E-state index in [4.69, 9.17) is 4.74 Å². The Bertz CT molecular complexity index is 1150. The first-order chi connectivity index (χ1) is 14.9. The topological polar surface area (TPSA) is 41.6 Å². The van der Waals surface area contributed by atoms with E-state index in [-0.39, 0.29) is 11.5 Å². The summed E-state index contributed by atoms with van der Waals surface area (Å²) in [5, 5.41) is 2.86. The van der Waals surface area contributed by atoms with Gasteiger partial charge in [0.25, 0.3) is 5.91 Å². The van der Waals surface area contributed by atoms with Gasteiger partial charge in [0.05, 0.1) is 0 Å². The van der Waals surface area contributed by atoms with Gasteiger partial charge in [-0.1, -0.05) is 12.1 Å². The Balaban J connectivity index is 1.47. The van der Waals surface area contributed by atoms with E-state index in [1.807, 2.05) is 26.2 Å². The fourth-order valence-electron chi connectivity index (χ4n) is 3.51. The number of halogens is 2. The zero-order valence-electron chi connectivity index (χ0n) is 17.3. The first-order valence-corrected chi connectivity index (χ1v) is 9.87. The molecule has 158 valence electrons. The molecule has 0 aliphatic carbocycles. The van der Waals surface area contributed by atoms with Crippen molar-refractivity contribution in [3.63, 3.8) is 0 Å². The molecule has 0 bridgehead atoms. The minimum atomic E-state index is -0.644. The fourth-order valence-corrected chi connectivity index (χ4v) is 3.51. The lowest BCUT2D eigenvalue weighted by Gasteiger charge is -2.21. The zero-order chi connectivity index (χ0) is 22.0. The van der Waals surface area contributed by atoms with Gasteiger partial charge in [0, 0.05) is 41.1 Å². The highest BCUT2D eigenvalue weighted by Gasteiger charge is 2.14. The van der Waals surface area contributed by atoms with Crippen molar-refractivity contribution in [2.75, 3.05) is 32.6 Å².